The fraction of sp³-hybridized carbons (Fsp3) is 0.583. The molecule has 3 nitrogen and oxygen atoms in total. The van der Waals surface area contributed by atoms with Crippen molar-refractivity contribution in [2.24, 2.45) is 0 Å². The third-order valence-electron chi connectivity index (χ3n) is 3.08. The maximum Gasteiger partial charge on any atom is 0.0572 e. The molecule has 2 rings (SSSR count). The average molecular weight is 285 g/mol. The van der Waals surface area contributed by atoms with Crippen molar-refractivity contribution in [3.63, 3.8) is 0 Å². The molecule has 0 aromatic carbocycles. The molecule has 1 aromatic rings. The maximum atomic E-state index is 5.36. The highest BCUT2D eigenvalue weighted by Crippen LogP contribution is 2.24. The van der Waals surface area contributed by atoms with Crippen molar-refractivity contribution in [2.75, 3.05) is 12.4 Å². The predicted octanol–water partition coefficient (Wildman–Crippen LogP) is 3.21. The number of ether oxygens (including phenoxy) is 1. The summed E-state index contributed by atoms with van der Waals surface area (Å²) in [4.78, 5) is 4.15. The second-order valence-electron chi connectivity index (χ2n) is 4.25. The number of aromatic nitrogens is 1. The molecule has 88 valence electrons. The molecule has 0 saturated heterocycles. The van der Waals surface area contributed by atoms with E-state index in [9.17, 15) is 0 Å². The lowest BCUT2D eigenvalue weighted by Crippen LogP contribution is -2.29. The van der Waals surface area contributed by atoms with Crippen molar-refractivity contribution >= 4 is 21.6 Å². The van der Waals surface area contributed by atoms with Crippen LogP contribution in [0.25, 0.3) is 0 Å². The van der Waals surface area contributed by atoms with Crippen molar-refractivity contribution in [1.29, 1.82) is 0 Å². The van der Waals surface area contributed by atoms with Gasteiger partial charge >= 0.3 is 0 Å². The largest absolute Gasteiger partial charge is 0.381 e. The molecule has 0 radical (unpaired) electrons. The van der Waals surface area contributed by atoms with Gasteiger partial charge in [0.1, 0.15) is 0 Å². The Bertz CT molecular complexity index is 338. The van der Waals surface area contributed by atoms with Gasteiger partial charge in [-0.05, 0) is 47.7 Å². The molecule has 1 N–H and O–H groups in total. The van der Waals surface area contributed by atoms with E-state index in [1.165, 1.54) is 12.8 Å². The number of pyridine rings is 1. The van der Waals surface area contributed by atoms with Gasteiger partial charge in [0.05, 0.1) is 18.0 Å². The van der Waals surface area contributed by atoms with E-state index in [1.807, 2.05) is 6.20 Å². The molecule has 0 aliphatic heterocycles. The minimum absolute atomic E-state index is 0.457. The number of hydrogen-bond acceptors (Lipinski definition) is 3. The summed E-state index contributed by atoms with van der Waals surface area (Å²) >= 11 is 3.43. The van der Waals surface area contributed by atoms with Crippen LogP contribution >= 0.6 is 15.9 Å². The molecule has 4 heteroatoms. The van der Waals surface area contributed by atoms with Crippen molar-refractivity contribution < 1.29 is 4.74 Å². The summed E-state index contributed by atoms with van der Waals surface area (Å²) in [6.07, 6.45) is 8.76. The van der Waals surface area contributed by atoms with E-state index >= 15 is 0 Å². The lowest BCUT2D eigenvalue weighted by molar-refractivity contribution is 0.0682. The zero-order valence-corrected chi connectivity index (χ0v) is 11.0. The Morgan fingerprint density at radius 2 is 2.06 bits per heavy atom. The van der Waals surface area contributed by atoms with Crippen LogP contribution in [-0.4, -0.2) is 24.2 Å². The van der Waals surface area contributed by atoms with Crippen molar-refractivity contribution in [3.05, 3.63) is 22.9 Å². The number of hydrogen-bond donors (Lipinski definition) is 1. The minimum atomic E-state index is 0.457. The number of halogens is 1. The Morgan fingerprint density at radius 1 is 1.31 bits per heavy atom. The molecule has 0 amide bonds. The molecule has 1 heterocycles. The summed E-state index contributed by atoms with van der Waals surface area (Å²) in [6, 6.07) is 2.62. The Kier molecular flexibility index (Phi) is 4.18. The Labute approximate surface area is 105 Å². The van der Waals surface area contributed by atoms with Crippen LogP contribution in [0.15, 0.2) is 22.9 Å². The van der Waals surface area contributed by atoms with Gasteiger partial charge in [0, 0.05) is 23.8 Å². The van der Waals surface area contributed by atoms with E-state index in [0.29, 0.717) is 12.1 Å². The van der Waals surface area contributed by atoms with Crippen molar-refractivity contribution in [1.82, 2.24) is 4.98 Å². The fourth-order valence-corrected chi connectivity index (χ4v) is 2.53. The molecule has 1 aliphatic rings. The van der Waals surface area contributed by atoms with Gasteiger partial charge in [-0.2, -0.15) is 0 Å². The van der Waals surface area contributed by atoms with Crippen molar-refractivity contribution in [2.45, 2.75) is 37.8 Å². The Hall–Kier alpha value is -0.610. The Morgan fingerprint density at radius 3 is 2.69 bits per heavy atom. The smallest absolute Gasteiger partial charge is 0.0572 e. The van der Waals surface area contributed by atoms with Gasteiger partial charge in [0.2, 0.25) is 0 Å². The molecular weight excluding hydrogens is 268 g/mol. The molecule has 1 aromatic heterocycles. The monoisotopic (exact) mass is 284 g/mol. The van der Waals surface area contributed by atoms with Gasteiger partial charge in [-0.25, -0.2) is 0 Å². The highest BCUT2D eigenvalue weighted by atomic mass is 79.9. The molecule has 1 fully saturated rings. The topological polar surface area (TPSA) is 34.1 Å². The SMILES string of the molecule is COC1CCC(Nc2cncc(Br)c2)CC1. The first-order valence-corrected chi connectivity index (χ1v) is 6.47. The van der Waals surface area contributed by atoms with Crippen LogP contribution in [0.1, 0.15) is 25.7 Å². The van der Waals surface area contributed by atoms with E-state index < -0.39 is 0 Å². The van der Waals surface area contributed by atoms with E-state index in [2.05, 4.69) is 32.3 Å². The molecular formula is C12H17BrN2O. The first-order valence-electron chi connectivity index (χ1n) is 5.68. The van der Waals surface area contributed by atoms with Gasteiger partial charge in [0.25, 0.3) is 0 Å². The zero-order chi connectivity index (χ0) is 11.4. The standard InChI is InChI=1S/C12H17BrN2O/c1-16-12-4-2-10(3-5-12)15-11-6-9(13)7-14-8-11/h6-8,10,12,15H,2-5H2,1H3. The lowest BCUT2D eigenvalue weighted by atomic mass is 9.93. The van der Waals surface area contributed by atoms with Gasteiger partial charge in [-0.15, -0.1) is 0 Å². The normalized spacial score (nSPS) is 25.4. The average Bonchev–Trinajstić information content (AvgIpc) is 2.30. The van der Waals surface area contributed by atoms with Crippen LogP contribution in [0.5, 0.6) is 0 Å². The number of anilines is 1. The van der Waals surface area contributed by atoms with Crippen LogP contribution in [0.4, 0.5) is 5.69 Å². The van der Waals surface area contributed by atoms with E-state index in [1.54, 1.807) is 13.3 Å². The second kappa shape index (κ2) is 5.64. The van der Waals surface area contributed by atoms with Crippen LogP contribution in [-0.2, 0) is 4.74 Å². The maximum absolute atomic E-state index is 5.36. The van der Waals surface area contributed by atoms with Gasteiger partial charge < -0.3 is 10.1 Å². The lowest BCUT2D eigenvalue weighted by Gasteiger charge is -2.28. The zero-order valence-electron chi connectivity index (χ0n) is 9.45. The predicted molar refractivity (Wildman–Crippen MR) is 68.6 cm³/mol. The van der Waals surface area contributed by atoms with Crippen LogP contribution in [0.3, 0.4) is 0 Å². The number of nitrogens with zero attached hydrogens (tertiary/aromatic N) is 1. The van der Waals surface area contributed by atoms with Crippen LogP contribution in [0, 0.1) is 0 Å². The minimum Gasteiger partial charge on any atom is -0.381 e. The van der Waals surface area contributed by atoms with Crippen molar-refractivity contribution in [3.8, 4) is 0 Å². The van der Waals surface area contributed by atoms with E-state index in [0.717, 1.165) is 23.0 Å². The van der Waals surface area contributed by atoms with E-state index in [-0.39, 0.29) is 0 Å². The summed E-state index contributed by atoms with van der Waals surface area (Å²) in [5.74, 6) is 0. The molecule has 0 bridgehead atoms. The fourth-order valence-electron chi connectivity index (χ4n) is 2.17. The highest BCUT2D eigenvalue weighted by Gasteiger charge is 2.20. The third-order valence-corrected chi connectivity index (χ3v) is 3.52. The third kappa shape index (κ3) is 3.19. The summed E-state index contributed by atoms with van der Waals surface area (Å²) in [5.41, 5.74) is 1.09. The van der Waals surface area contributed by atoms with Gasteiger partial charge in [-0.3, -0.25) is 4.98 Å². The second-order valence-corrected chi connectivity index (χ2v) is 5.16. The molecule has 16 heavy (non-hydrogen) atoms. The number of nitrogens with one attached hydrogen (secondary N) is 1. The quantitative estimate of drug-likeness (QED) is 0.926. The summed E-state index contributed by atoms with van der Waals surface area (Å²) in [7, 11) is 1.80. The highest BCUT2D eigenvalue weighted by molar-refractivity contribution is 9.10. The van der Waals surface area contributed by atoms with Crippen LogP contribution < -0.4 is 5.32 Å². The number of methoxy groups -OCH3 is 1. The first-order chi connectivity index (χ1) is 7.78. The number of rotatable bonds is 3. The summed E-state index contributed by atoms with van der Waals surface area (Å²) in [6.45, 7) is 0. The summed E-state index contributed by atoms with van der Waals surface area (Å²) in [5, 5.41) is 3.52. The van der Waals surface area contributed by atoms with Crippen LogP contribution in [0.2, 0.25) is 0 Å². The summed E-state index contributed by atoms with van der Waals surface area (Å²) < 4.78 is 6.38. The molecule has 1 saturated carbocycles. The first kappa shape index (κ1) is 11.9. The molecule has 1 aliphatic carbocycles. The molecule has 0 spiro atoms. The van der Waals surface area contributed by atoms with E-state index in [4.69, 9.17) is 4.74 Å². The van der Waals surface area contributed by atoms with Gasteiger partial charge in [-0.1, -0.05) is 0 Å². The van der Waals surface area contributed by atoms with Gasteiger partial charge in [0.15, 0.2) is 0 Å². The molecule has 0 unspecified atom stereocenters. The Balaban J connectivity index is 1.87. The molecule has 0 atom stereocenters.